The zero-order valence-electron chi connectivity index (χ0n) is 40.4. The van der Waals surface area contributed by atoms with Crippen molar-refractivity contribution in [2.24, 2.45) is 0 Å². The van der Waals surface area contributed by atoms with E-state index in [0.717, 1.165) is 56.7 Å². The summed E-state index contributed by atoms with van der Waals surface area (Å²) in [5.41, 5.74) is 24.6. The Morgan fingerprint density at radius 1 is 0.529 bits per heavy atom. The van der Waals surface area contributed by atoms with Crippen LogP contribution in [0.3, 0.4) is 0 Å². The molecule has 15 rings (SSSR count). The quantitative estimate of drug-likeness (QED) is 0.154. The molecular weight excluding hydrogens is 828 g/mol. The molecule has 0 bridgehead atoms. The Balaban J connectivity index is 1.21. The summed E-state index contributed by atoms with van der Waals surface area (Å²) >= 11 is 0. The standard InChI is InChI=1S/C63H53BN2O2/c1-60(2,3)34-22-24-35(25-23-34)66-48-30-40-37-17-12-15-21-51(37)67-52(40)31-42(48)56-57-54(38-18-10-13-19-43(38)63(57,8)9)55-41-28-44-45(62(6,7)27-26-61(44,4)5)32-47(41)65-49-33-53-39(36-16-11-14-20-50(36)68-53)29-46(49)64(66)58(56)59(55)65/h10-25,28-33H,26-27H2,1-9H3. The van der Waals surface area contributed by atoms with Gasteiger partial charge in [-0.3, -0.25) is 0 Å². The third-order valence-corrected chi connectivity index (χ3v) is 17.3. The summed E-state index contributed by atoms with van der Waals surface area (Å²) in [6, 6.07) is 50.9. The molecule has 5 heteroatoms. The van der Waals surface area contributed by atoms with Gasteiger partial charge in [-0.05, 0) is 133 Å². The Kier molecular flexibility index (Phi) is 7.11. The fourth-order valence-corrected chi connectivity index (χ4v) is 13.8. The van der Waals surface area contributed by atoms with E-state index < -0.39 is 0 Å². The smallest absolute Gasteiger partial charge is 0.333 e. The fraction of sp³-hybridized carbons (Fsp3) is 0.238. The van der Waals surface area contributed by atoms with Crippen molar-refractivity contribution in [3.05, 3.63) is 161 Å². The first-order valence-corrected chi connectivity index (χ1v) is 24.7. The molecule has 0 amide bonds. The van der Waals surface area contributed by atoms with E-state index in [1.54, 1.807) is 0 Å². The number of fused-ring (bicyclic) bond motifs is 20. The first-order chi connectivity index (χ1) is 32.6. The van der Waals surface area contributed by atoms with Gasteiger partial charge in [0.15, 0.2) is 0 Å². The van der Waals surface area contributed by atoms with Crippen molar-refractivity contribution in [3.8, 4) is 27.9 Å². The molecule has 68 heavy (non-hydrogen) atoms. The zero-order valence-corrected chi connectivity index (χ0v) is 40.4. The van der Waals surface area contributed by atoms with Gasteiger partial charge in [-0.2, -0.15) is 0 Å². The summed E-state index contributed by atoms with van der Waals surface area (Å²) in [5.74, 6) is 0. The average Bonchev–Trinajstić information content (AvgIpc) is 4.04. The van der Waals surface area contributed by atoms with Crippen molar-refractivity contribution in [3.63, 3.8) is 0 Å². The highest BCUT2D eigenvalue weighted by atomic mass is 16.3. The molecule has 0 fully saturated rings. The van der Waals surface area contributed by atoms with Crippen LogP contribution in [0.15, 0.2) is 142 Å². The lowest BCUT2D eigenvalue weighted by molar-refractivity contribution is 0.332. The molecule has 0 saturated heterocycles. The molecule has 0 unspecified atom stereocenters. The molecule has 5 heterocycles. The number of hydrogen-bond acceptors (Lipinski definition) is 3. The van der Waals surface area contributed by atoms with E-state index >= 15 is 0 Å². The Morgan fingerprint density at radius 3 is 1.84 bits per heavy atom. The van der Waals surface area contributed by atoms with Crippen molar-refractivity contribution in [2.75, 3.05) is 4.81 Å². The highest BCUT2D eigenvalue weighted by Gasteiger charge is 2.51. The second-order valence-corrected chi connectivity index (χ2v) is 23.5. The van der Waals surface area contributed by atoms with Crippen LogP contribution in [0.25, 0.3) is 93.6 Å². The lowest BCUT2D eigenvalue weighted by Crippen LogP contribution is -2.61. The molecule has 2 aliphatic carbocycles. The SMILES string of the molecule is CC(C)(C)c1ccc(N2B3c4cc5c(cc4-n4c6cc7c(cc6c6c8c(c(c3c64)-c3cc4oc6ccccc6c4cc32)C(C)(C)c2ccccc2-8)C(C)(C)CCC7(C)C)oc2ccccc25)cc1. The summed E-state index contributed by atoms with van der Waals surface area (Å²) in [6.07, 6.45) is 2.31. The van der Waals surface area contributed by atoms with E-state index in [1.807, 2.05) is 0 Å². The number of para-hydroxylation sites is 2. The number of aromatic nitrogens is 1. The number of furan rings is 2. The first kappa shape index (κ1) is 39.1. The van der Waals surface area contributed by atoms with Gasteiger partial charge in [-0.1, -0.05) is 141 Å². The van der Waals surface area contributed by atoms with Gasteiger partial charge < -0.3 is 18.2 Å². The molecular formula is C63H53BN2O2. The predicted molar refractivity (Wildman–Crippen MR) is 286 cm³/mol. The highest BCUT2D eigenvalue weighted by Crippen LogP contribution is 2.60. The van der Waals surface area contributed by atoms with Crippen molar-refractivity contribution >= 4 is 94.8 Å². The average molecular weight is 881 g/mol. The number of benzene rings is 8. The lowest BCUT2D eigenvalue weighted by Gasteiger charge is -2.44. The first-order valence-electron chi connectivity index (χ1n) is 24.7. The molecule has 0 radical (unpaired) electrons. The minimum Gasteiger partial charge on any atom is -0.456 e. The predicted octanol–water partition coefficient (Wildman–Crippen LogP) is 15.8. The normalized spacial score (nSPS) is 17.1. The van der Waals surface area contributed by atoms with E-state index in [0.29, 0.717) is 0 Å². The van der Waals surface area contributed by atoms with E-state index in [9.17, 15) is 0 Å². The summed E-state index contributed by atoms with van der Waals surface area (Å²) in [6.45, 7) is 21.6. The van der Waals surface area contributed by atoms with Gasteiger partial charge in [-0.15, -0.1) is 0 Å². The Bertz CT molecular complexity index is 4110. The van der Waals surface area contributed by atoms with E-state index in [4.69, 9.17) is 8.83 Å². The second-order valence-electron chi connectivity index (χ2n) is 23.5. The van der Waals surface area contributed by atoms with Crippen LogP contribution in [0.4, 0.5) is 11.4 Å². The zero-order chi connectivity index (χ0) is 46.1. The molecule has 330 valence electrons. The molecule has 8 aromatic carbocycles. The molecule has 0 N–H and O–H groups in total. The van der Waals surface area contributed by atoms with Crippen LogP contribution in [-0.4, -0.2) is 11.4 Å². The van der Waals surface area contributed by atoms with Crippen molar-refractivity contribution in [1.82, 2.24) is 4.57 Å². The molecule has 4 aliphatic rings. The summed E-state index contributed by atoms with van der Waals surface area (Å²) in [5, 5.41) is 7.27. The molecule has 0 spiro atoms. The van der Waals surface area contributed by atoms with Crippen molar-refractivity contribution in [2.45, 2.75) is 96.8 Å². The summed E-state index contributed by atoms with van der Waals surface area (Å²) < 4.78 is 16.4. The van der Waals surface area contributed by atoms with Crippen LogP contribution in [0.5, 0.6) is 0 Å². The van der Waals surface area contributed by atoms with Gasteiger partial charge in [0.2, 0.25) is 0 Å². The van der Waals surface area contributed by atoms with Gasteiger partial charge in [0.05, 0.1) is 11.0 Å². The van der Waals surface area contributed by atoms with Crippen molar-refractivity contribution < 1.29 is 8.83 Å². The Hall–Kier alpha value is -6.98. The number of hydrogen-bond donors (Lipinski definition) is 0. The monoisotopic (exact) mass is 880 g/mol. The Morgan fingerprint density at radius 2 is 1.15 bits per heavy atom. The molecule has 2 aliphatic heterocycles. The number of nitrogens with zero attached hydrogens (tertiary/aromatic N) is 2. The molecule has 11 aromatic rings. The number of anilines is 2. The minimum absolute atomic E-state index is 0.00866. The van der Waals surface area contributed by atoms with E-state index in [-0.39, 0.29) is 28.5 Å². The maximum atomic E-state index is 6.86. The fourth-order valence-electron chi connectivity index (χ4n) is 13.8. The summed E-state index contributed by atoms with van der Waals surface area (Å²) in [4.78, 5) is 2.69. The maximum Gasteiger partial charge on any atom is 0.333 e. The molecule has 3 aromatic heterocycles. The molecule has 4 nitrogen and oxygen atoms in total. The van der Waals surface area contributed by atoms with E-state index in [2.05, 4.69) is 205 Å². The summed E-state index contributed by atoms with van der Waals surface area (Å²) in [7, 11) is 0. The number of rotatable bonds is 1. The third-order valence-electron chi connectivity index (χ3n) is 17.3. The maximum absolute atomic E-state index is 6.86. The van der Waals surface area contributed by atoms with Crippen LogP contribution in [0.1, 0.15) is 103 Å². The van der Waals surface area contributed by atoms with Gasteiger partial charge in [0.25, 0.3) is 0 Å². The van der Waals surface area contributed by atoms with Gasteiger partial charge in [0, 0.05) is 66.4 Å². The van der Waals surface area contributed by atoms with Gasteiger partial charge >= 0.3 is 6.85 Å². The van der Waals surface area contributed by atoms with Crippen LogP contribution in [-0.2, 0) is 21.7 Å². The van der Waals surface area contributed by atoms with Gasteiger partial charge in [0.1, 0.15) is 22.3 Å². The molecule has 0 saturated carbocycles. The largest absolute Gasteiger partial charge is 0.456 e. The topological polar surface area (TPSA) is 34.5 Å². The Labute approximate surface area is 397 Å². The molecule has 0 atom stereocenters. The van der Waals surface area contributed by atoms with Gasteiger partial charge in [-0.25, -0.2) is 0 Å². The lowest BCUT2D eigenvalue weighted by atomic mass is 9.43. The van der Waals surface area contributed by atoms with Crippen LogP contribution in [0, 0.1) is 0 Å². The van der Waals surface area contributed by atoms with Crippen LogP contribution in [0.2, 0.25) is 0 Å². The van der Waals surface area contributed by atoms with E-state index in [1.165, 1.54) is 99.9 Å². The highest BCUT2D eigenvalue weighted by molar-refractivity contribution is 6.94. The van der Waals surface area contributed by atoms with Crippen LogP contribution >= 0.6 is 0 Å². The van der Waals surface area contributed by atoms with Crippen LogP contribution < -0.4 is 15.7 Å². The van der Waals surface area contributed by atoms with Crippen molar-refractivity contribution in [1.29, 1.82) is 0 Å². The third kappa shape index (κ3) is 4.73. The second kappa shape index (κ2) is 12.4. The minimum atomic E-state index is -0.304.